The fraction of sp³-hybridized carbons (Fsp3) is 0.217. The van der Waals surface area contributed by atoms with Gasteiger partial charge in [0.05, 0.1) is 27.9 Å². The molecule has 3 rings (SSSR count). The molecule has 0 saturated carbocycles. The first kappa shape index (κ1) is 22.5. The first-order valence-corrected chi connectivity index (χ1v) is 11.2. The molecular weight excluding hydrogens is 441 g/mol. The quantitative estimate of drug-likeness (QED) is 0.345. The van der Waals surface area contributed by atoms with Crippen molar-refractivity contribution in [3.05, 3.63) is 81.6 Å². The van der Waals surface area contributed by atoms with Crippen molar-refractivity contribution in [2.45, 2.75) is 36.8 Å². The second-order valence-electron chi connectivity index (χ2n) is 6.54. The number of aromatic nitrogens is 1. The SMILES string of the molecule is CCc1ccccc1Oc1ccc(CSc2c(Cl)cccc2Cl)nc1CCC(=O)O. The molecule has 0 aliphatic rings. The smallest absolute Gasteiger partial charge is 0.303 e. The molecule has 0 radical (unpaired) electrons. The molecule has 0 saturated heterocycles. The fourth-order valence-corrected chi connectivity index (χ4v) is 4.48. The zero-order valence-electron chi connectivity index (χ0n) is 16.4. The number of hydrogen-bond acceptors (Lipinski definition) is 4. The summed E-state index contributed by atoms with van der Waals surface area (Å²) in [7, 11) is 0. The Morgan fingerprint density at radius 1 is 1.03 bits per heavy atom. The topological polar surface area (TPSA) is 59.4 Å². The van der Waals surface area contributed by atoms with E-state index in [9.17, 15) is 4.79 Å². The lowest BCUT2D eigenvalue weighted by Gasteiger charge is -2.14. The standard InChI is InChI=1S/C23H21Cl2NO3S/c1-2-15-6-3-4-9-20(15)29-21-12-10-16(26-19(21)11-13-22(27)28)14-30-23-17(24)7-5-8-18(23)25/h3-10,12H,2,11,13-14H2,1H3,(H,27,28). The number of nitrogens with zero attached hydrogens (tertiary/aromatic N) is 1. The fourth-order valence-electron chi connectivity index (χ4n) is 2.89. The molecule has 156 valence electrons. The molecule has 3 aromatic rings. The molecule has 1 aromatic heterocycles. The maximum atomic E-state index is 11.1. The van der Waals surface area contributed by atoms with Crippen molar-refractivity contribution in [3.63, 3.8) is 0 Å². The molecule has 0 unspecified atom stereocenters. The lowest BCUT2D eigenvalue weighted by Crippen LogP contribution is -2.04. The minimum Gasteiger partial charge on any atom is -0.481 e. The highest BCUT2D eigenvalue weighted by molar-refractivity contribution is 7.98. The van der Waals surface area contributed by atoms with Gasteiger partial charge >= 0.3 is 5.97 Å². The molecule has 4 nitrogen and oxygen atoms in total. The Kier molecular flexibility index (Phi) is 8.02. The molecule has 0 amide bonds. The Balaban J connectivity index is 1.84. The number of pyridine rings is 1. The molecule has 30 heavy (non-hydrogen) atoms. The number of rotatable bonds is 9. The summed E-state index contributed by atoms with van der Waals surface area (Å²) < 4.78 is 6.12. The number of halogens is 2. The van der Waals surface area contributed by atoms with E-state index < -0.39 is 5.97 Å². The van der Waals surface area contributed by atoms with Gasteiger partial charge in [-0.15, -0.1) is 11.8 Å². The largest absolute Gasteiger partial charge is 0.481 e. The number of carbonyl (C=O) groups is 1. The van der Waals surface area contributed by atoms with Crippen LogP contribution in [0.25, 0.3) is 0 Å². The summed E-state index contributed by atoms with van der Waals surface area (Å²) in [5, 5.41) is 10.3. The molecule has 0 bridgehead atoms. The highest BCUT2D eigenvalue weighted by atomic mass is 35.5. The highest BCUT2D eigenvalue weighted by Crippen LogP contribution is 2.36. The van der Waals surface area contributed by atoms with Gasteiger partial charge in [0.15, 0.2) is 0 Å². The summed E-state index contributed by atoms with van der Waals surface area (Å²) in [6.45, 7) is 2.06. The molecule has 0 spiro atoms. The molecule has 1 N–H and O–H groups in total. The molecular formula is C23H21Cl2NO3S. The van der Waals surface area contributed by atoms with Gasteiger partial charge < -0.3 is 9.84 Å². The first-order valence-electron chi connectivity index (χ1n) is 9.51. The van der Waals surface area contributed by atoms with Gasteiger partial charge in [-0.2, -0.15) is 0 Å². The zero-order valence-corrected chi connectivity index (χ0v) is 18.7. The number of para-hydroxylation sites is 1. The molecule has 0 fully saturated rings. The Hall–Kier alpha value is -2.21. The number of benzene rings is 2. The van der Waals surface area contributed by atoms with Gasteiger partial charge in [0.2, 0.25) is 0 Å². The van der Waals surface area contributed by atoms with E-state index in [2.05, 4.69) is 11.9 Å². The van der Waals surface area contributed by atoms with Crippen LogP contribution in [0, 0.1) is 0 Å². The average molecular weight is 462 g/mol. The lowest BCUT2D eigenvalue weighted by molar-refractivity contribution is -0.136. The monoisotopic (exact) mass is 461 g/mol. The van der Waals surface area contributed by atoms with E-state index in [1.54, 1.807) is 18.2 Å². The summed E-state index contributed by atoms with van der Waals surface area (Å²) in [6.07, 6.45) is 1.09. The van der Waals surface area contributed by atoms with Crippen LogP contribution < -0.4 is 4.74 Å². The van der Waals surface area contributed by atoms with Crippen molar-refractivity contribution < 1.29 is 14.6 Å². The van der Waals surface area contributed by atoms with Gasteiger partial charge in [-0.1, -0.05) is 54.4 Å². The van der Waals surface area contributed by atoms with Gasteiger partial charge in [0, 0.05) is 17.1 Å². The van der Waals surface area contributed by atoms with E-state index in [1.165, 1.54) is 11.8 Å². The third-order valence-electron chi connectivity index (χ3n) is 4.42. The van der Waals surface area contributed by atoms with Gasteiger partial charge in [0.25, 0.3) is 0 Å². The minimum atomic E-state index is -0.876. The van der Waals surface area contributed by atoms with E-state index in [0.29, 0.717) is 27.2 Å². The number of thioether (sulfide) groups is 1. The van der Waals surface area contributed by atoms with E-state index in [0.717, 1.165) is 28.3 Å². The van der Waals surface area contributed by atoms with Gasteiger partial charge in [-0.25, -0.2) is 0 Å². The summed E-state index contributed by atoms with van der Waals surface area (Å²) in [5.74, 6) is 0.999. The molecule has 1 heterocycles. The van der Waals surface area contributed by atoms with Crippen LogP contribution in [0.4, 0.5) is 0 Å². The van der Waals surface area contributed by atoms with E-state index >= 15 is 0 Å². The normalized spacial score (nSPS) is 10.8. The van der Waals surface area contributed by atoms with Crippen molar-refractivity contribution >= 4 is 40.9 Å². The summed E-state index contributed by atoms with van der Waals surface area (Å²) in [4.78, 5) is 16.6. The molecule has 2 aromatic carbocycles. The highest BCUT2D eigenvalue weighted by Gasteiger charge is 2.13. The van der Waals surface area contributed by atoms with Crippen LogP contribution in [0.15, 0.2) is 59.5 Å². The van der Waals surface area contributed by atoms with Gasteiger partial charge in [-0.05, 0) is 42.3 Å². The van der Waals surface area contributed by atoms with Crippen molar-refractivity contribution in [3.8, 4) is 11.5 Å². The molecule has 7 heteroatoms. The second-order valence-corrected chi connectivity index (χ2v) is 8.34. The third-order valence-corrected chi connectivity index (χ3v) is 6.45. The van der Waals surface area contributed by atoms with Crippen molar-refractivity contribution in [1.82, 2.24) is 4.98 Å². The van der Waals surface area contributed by atoms with Crippen LogP contribution in [-0.4, -0.2) is 16.1 Å². The van der Waals surface area contributed by atoms with E-state index in [4.69, 9.17) is 33.0 Å². The predicted molar refractivity (Wildman–Crippen MR) is 122 cm³/mol. The maximum absolute atomic E-state index is 11.1. The minimum absolute atomic E-state index is 0.0221. The lowest BCUT2D eigenvalue weighted by atomic mass is 10.1. The second kappa shape index (κ2) is 10.7. The van der Waals surface area contributed by atoms with Crippen LogP contribution in [0.3, 0.4) is 0 Å². The summed E-state index contributed by atoms with van der Waals surface area (Å²) in [5.41, 5.74) is 2.49. The van der Waals surface area contributed by atoms with Crippen LogP contribution in [0.5, 0.6) is 11.5 Å². The van der Waals surface area contributed by atoms with Crippen LogP contribution >= 0.6 is 35.0 Å². The van der Waals surface area contributed by atoms with E-state index in [-0.39, 0.29) is 12.8 Å². The number of ether oxygens (including phenoxy) is 1. The van der Waals surface area contributed by atoms with Crippen molar-refractivity contribution in [2.24, 2.45) is 0 Å². The predicted octanol–water partition coefficient (Wildman–Crippen LogP) is 7.05. The number of carboxylic acids is 1. The van der Waals surface area contributed by atoms with Crippen LogP contribution in [0.2, 0.25) is 10.0 Å². The maximum Gasteiger partial charge on any atom is 0.303 e. The molecule has 0 atom stereocenters. The molecule has 0 aliphatic carbocycles. The third kappa shape index (κ3) is 5.91. The number of aliphatic carboxylic acids is 1. The van der Waals surface area contributed by atoms with Crippen molar-refractivity contribution in [1.29, 1.82) is 0 Å². The zero-order chi connectivity index (χ0) is 21.5. The Morgan fingerprint density at radius 2 is 1.77 bits per heavy atom. The number of carboxylic acid groups (broad SMARTS) is 1. The Labute approximate surface area is 190 Å². The first-order chi connectivity index (χ1) is 14.5. The number of aryl methyl sites for hydroxylation is 2. The summed E-state index contributed by atoms with van der Waals surface area (Å²) >= 11 is 14.0. The molecule has 0 aliphatic heterocycles. The van der Waals surface area contributed by atoms with Gasteiger partial charge in [0.1, 0.15) is 11.5 Å². The summed E-state index contributed by atoms with van der Waals surface area (Å²) in [6, 6.07) is 16.9. The number of hydrogen-bond donors (Lipinski definition) is 1. The Bertz CT molecular complexity index is 1020. The van der Waals surface area contributed by atoms with Crippen molar-refractivity contribution in [2.75, 3.05) is 0 Å². The van der Waals surface area contributed by atoms with E-state index in [1.807, 2.05) is 36.4 Å². The Morgan fingerprint density at radius 3 is 2.47 bits per heavy atom. The van der Waals surface area contributed by atoms with Crippen LogP contribution in [-0.2, 0) is 23.4 Å². The average Bonchev–Trinajstić information content (AvgIpc) is 2.73. The van der Waals surface area contributed by atoms with Gasteiger partial charge in [-0.3, -0.25) is 9.78 Å². The van der Waals surface area contributed by atoms with Crippen LogP contribution in [0.1, 0.15) is 30.3 Å².